The van der Waals surface area contributed by atoms with Crippen LogP contribution in [0.5, 0.6) is 5.75 Å². The fraction of sp³-hybridized carbons (Fsp3) is 0.0500. The molecule has 3 aromatic rings. The fourth-order valence-electron chi connectivity index (χ4n) is 2.51. The fourth-order valence-corrected chi connectivity index (χ4v) is 3.86. The molecule has 150 valence electrons. The lowest BCUT2D eigenvalue weighted by Crippen LogP contribution is -2.14. The number of benzene rings is 3. The largest absolute Gasteiger partial charge is 0.496 e. The number of hydrogen-bond acceptors (Lipinski definition) is 4. The number of halogens is 2. The van der Waals surface area contributed by atoms with E-state index in [1.807, 2.05) is 0 Å². The van der Waals surface area contributed by atoms with Crippen LogP contribution in [0.15, 0.2) is 71.6 Å². The standard InChI is InChI=1S/C20H16Cl2N2O4S/c1-28-19-11-4-14(22)12-18(19)20(25)23-15-7-9-17(10-8-15)29(26,27)24-16-5-2-13(21)3-6-16/h2-12,24H,1H3,(H,23,25). The van der Waals surface area contributed by atoms with Crippen LogP contribution in [0.4, 0.5) is 11.4 Å². The van der Waals surface area contributed by atoms with E-state index in [9.17, 15) is 13.2 Å². The van der Waals surface area contributed by atoms with E-state index in [-0.39, 0.29) is 10.5 Å². The quantitative estimate of drug-likeness (QED) is 0.549. The molecule has 6 nitrogen and oxygen atoms in total. The van der Waals surface area contributed by atoms with Gasteiger partial charge in [0, 0.05) is 21.4 Å². The summed E-state index contributed by atoms with van der Waals surface area (Å²) < 4.78 is 32.6. The third-order valence-corrected chi connectivity index (χ3v) is 5.81. The summed E-state index contributed by atoms with van der Waals surface area (Å²) in [4.78, 5) is 12.6. The molecule has 0 atom stereocenters. The van der Waals surface area contributed by atoms with E-state index in [0.717, 1.165) is 0 Å². The number of ether oxygens (including phenoxy) is 1. The maximum absolute atomic E-state index is 12.5. The summed E-state index contributed by atoms with van der Waals surface area (Å²) >= 11 is 11.8. The highest BCUT2D eigenvalue weighted by atomic mass is 35.5. The minimum Gasteiger partial charge on any atom is -0.496 e. The first kappa shape index (κ1) is 21.0. The average Bonchev–Trinajstić information content (AvgIpc) is 2.70. The molecule has 2 N–H and O–H groups in total. The molecule has 0 aliphatic carbocycles. The van der Waals surface area contributed by atoms with E-state index in [0.29, 0.717) is 27.2 Å². The number of nitrogens with one attached hydrogen (secondary N) is 2. The first-order chi connectivity index (χ1) is 13.8. The zero-order valence-corrected chi connectivity index (χ0v) is 17.5. The van der Waals surface area contributed by atoms with Crippen LogP contribution >= 0.6 is 23.2 Å². The summed E-state index contributed by atoms with van der Waals surface area (Å²) in [5, 5.41) is 3.59. The Kier molecular flexibility index (Phi) is 6.32. The Morgan fingerprint density at radius 1 is 0.862 bits per heavy atom. The topological polar surface area (TPSA) is 84.5 Å². The van der Waals surface area contributed by atoms with Crippen molar-refractivity contribution in [3.63, 3.8) is 0 Å². The SMILES string of the molecule is COc1ccc(Cl)cc1C(=O)Nc1ccc(S(=O)(=O)Nc2ccc(Cl)cc2)cc1. The maximum atomic E-state index is 12.5. The molecule has 1 amide bonds. The van der Waals surface area contributed by atoms with Crippen LogP contribution in [0.3, 0.4) is 0 Å². The summed E-state index contributed by atoms with van der Waals surface area (Å²) in [6.45, 7) is 0. The van der Waals surface area contributed by atoms with Crippen LogP contribution < -0.4 is 14.8 Å². The van der Waals surface area contributed by atoms with E-state index in [1.54, 1.807) is 36.4 Å². The van der Waals surface area contributed by atoms with Gasteiger partial charge in [0.2, 0.25) is 0 Å². The van der Waals surface area contributed by atoms with E-state index in [1.165, 1.54) is 37.4 Å². The third-order valence-electron chi connectivity index (χ3n) is 3.93. The molecule has 3 aromatic carbocycles. The monoisotopic (exact) mass is 450 g/mol. The van der Waals surface area contributed by atoms with Gasteiger partial charge in [0.1, 0.15) is 5.75 Å². The van der Waals surface area contributed by atoms with Crippen molar-refractivity contribution in [1.29, 1.82) is 0 Å². The predicted octanol–water partition coefficient (Wildman–Crippen LogP) is 5.06. The number of sulfonamides is 1. The zero-order valence-electron chi connectivity index (χ0n) is 15.1. The molecule has 0 unspecified atom stereocenters. The Bertz CT molecular complexity index is 1130. The Morgan fingerprint density at radius 3 is 2.07 bits per heavy atom. The second kappa shape index (κ2) is 8.73. The summed E-state index contributed by atoms with van der Waals surface area (Å²) in [6, 6.07) is 16.8. The van der Waals surface area contributed by atoms with Crippen molar-refractivity contribution in [2.45, 2.75) is 4.90 Å². The molecular formula is C20H16Cl2N2O4S. The van der Waals surface area contributed by atoms with Gasteiger partial charge in [-0.05, 0) is 66.7 Å². The van der Waals surface area contributed by atoms with Gasteiger partial charge in [0.15, 0.2) is 0 Å². The van der Waals surface area contributed by atoms with Crippen molar-refractivity contribution >= 4 is 50.5 Å². The van der Waals surface area contributed by atoms with Gasteiger partial charge in [-0.2, -0.15) is 0 Å². The first-order valence-electron chi connectivity index (χ1n) is 8.32. The van der Waals surface area contributed by atoms with Crippen molar-refractivity contribution in [2.75, 3.05) is 17.1 Å². The molecule has 0 fully saturated rings. The molecule has 0 aliphatic rings. The lowest BCUT2D eigenvalue weighted by Gasteiger charge is -2.11. The van der Waals surface area contributed by atoms with Crippen molar-refractivity contribution < 1.29 is 17.9 Å². The second-order valence-electron chi connectivity index (χ2n) is 5.94. The van der Waals surface area contributed by atoms with Gasteiger partial charge in [-0.15, -0.1) is 0 Å². The van der Waals surface area contributed by atoms with Crippen LogP contribution in [-0.2, 0) is 10.0 Å². The number of carbonyl (C=O) groups is 1. The molecule has 0 aromatic heterocycles. The van der Waals surface area contributed by atoms with Gasteiger partial charge in [0.05, 0.1) is 17.6 Å². The third kappa shape index (κ3) is 5.20. The van der Waals surface area contributed by atoms with Gasteiger partial charge in [-0.25, -0.2) is 8.42 Å². The molecule has 0 aliphatic heterocycles. The van der Waals surface area contributed by atoms with E-state index < -0.39 is 15.9 Å². The number of anilines is 2. The smallest absolute Gasteiger partial charge is 0.261 e. The summed E-state index contributed by atoms with van der Waals surface area (Å²) in [5.41, 5.74) is 1.07. The Labute approximate surface area is 178 Å². The highest BCUT2D eigenvalue weighted by Gasteiger charge is 2.16. The van der Waals surface area contributed by atoms with Crippen LogP contribution in [0.1, 0.15) is 10.4 Å². The van der Waals surface area contributed by atoms with Gasteiger partial charge >= 0.3 is 0 Å². The summed E-state index contributed by atoms with van der Waals surface area (Å²) in [7, 11) is -2.33. The average molecular weight is 451 g/mol. The van der Waals surface area contributed by atoms with Crippen molar-refractivity contribution in [3.8, 4) is 5.75 Å². The molecule has 0 saturated carbocycles. The predicted molar refractivity (Wildman–Crippen MR) is 115 cm³/mol. The van der Waals surface area contributed by atoms with Crippen molar-refractivity contribution in [2.24, 2.45) is 0 Å². The highest BCUT2D eigenvalue weighted by molar-refractivity contribution is 7.92. The van der Waals surface area contributed by atoms with Crippen LogP contribution in [0.25, 0.3) is 0 Å². The molecule has 9 heteroatoms. The number of rotatable bonds is 6. The number of amides is 1. The minimum absolute atomic E-state index is 0.0470. The molecule has 0 saturated heterocycles. The van der Waals surface area contributed by atoms with Gasteiger partial charge in [0.25, 0.3) is 15.9 Å². The molecular weight excluding hydrogens is 435 g/mol. The minimum atomic E-state index is -3.78. The summed E-state index contributed by atoms with van der Waals surface area (Å²) in [6.07, 6.45) is 0. The number of carbonyl (C=O) groups excluding carboxylic acids is 1. The molecule has 0 heterocycles. The molecule has 0 radical (unpaired) electrons. The van der Waals surface area contributed by atoms with Crippen molar-refractivity contribution in [3.05, 3.63) is 82.3 Å². The normalized spacial score (nSPS) is 11.0. The van der Waals surface area contributed by atoms with E-state index in [2.05, 4.69) is 10.0 Å². The molecule has 0 bridgehead atoms. The highest BCUT2D eigenvalue weighted by Crippen LogP contribution is 2.24. The molecule has 3 rings (SSSR count). The van der Waals surface area contributed by atoms with Crippen LogP contribution in [0, 0.1) is 0 Å². The second-order valence-corrected chi connectivity index (χ2v) is 8.49. The summed E-state index contributed by atoms with van der Waals surface area (Å²) in [5.74, 6) is -0.0579. The lowest BCUT2D eigenvalue weighted by atomic mass is 10.2. The first-order valence-corrected chi connectivity index (χ1v) is 10.6. The van der Waals surface area contributed by atoms with E-state index >= 15 is 0 Å². The van der Waals surface area contributed by atoms with Gasteiger partial charge in [-0.1, -0.05) is 23.2 Å². The molecule has 0 spiro atoms. The number of hydrogen-bond donors (Lipinski definition) is 2. The molecule has 29 heavy (non-hydrogen) atoms. The van der Waals surface area contributed by atoms with Gasteiger partial charge < -0.3 is 10.1 Å². The Morgan fingerprint density at radius 2 is 1.45 bits per heavy atom. The van der Waals surface area contributed by atoms with E-state index in [4.69, 9.17) is 27.9 Å². The van der Waals surface area contributed by atoms with Gasteiger partial charge in [-0.3, -0.25) is 9.52 Å². The number of methoxy groups -OCH3 is 1. The van der Waals surface area contributed by atoms with Crippen LogP contribution in [-0.4, -0.2) is 21.4 Å². The zero-order chi connectivity index (χ0) is 21.0. The van der Waals surface area contributed by atoms with Crippen LogP contribution in [0.2, 0.25) is 10.0 Å². The maximum Gasteiger partial charge on any atom is 0.261 e. The van der Waals surface area contributed by atoms with Crippen molar-refractivity contribution in [1.82, 2.24) is 0 Å². The lowest BCUT2D eigenvalue weighted by molar-refractivity contribution is 0.102. The Balaban J connectivity index is 1.75. The Hall–Kier alpha value is -2.74.